The fourth-order valence-electron chi connectivity index (χ4n) is 1.30. The molecule has 72 valence electrons. The van der Waals surface area contributed by atoms with Crippen LogP contribution in [0.4, 0.5) is 0 Å². The van der Waals surface area contributed by atoms with E-state index in [0.717, 1.165) is 15.6 Å². The van der Waals surface area contributed by atoms with Crippen molar-refractivity contribution in [1.82, 2.24) is 0 Å². The molecule has 0 aliphatic heterocycles. The van der Waals surface area contributed by atoms with E-state index in [4.69, 9.17) is 5.11 Å². The normalized spacial score (nSPS) is 10.6. The minimum atomic E-state index is -0.927. The number of thiophene rings is 1. The van der Waals surface area contributed by atoms with Crippen molar-refractivity contribution in [1.29, 1.82) is 0 Å². The molecule has 14 heavy (non-hydrogen) atoms. The van der Waals surface area contributed by atoms with E-state index in [2.05, 4.69) is 0 Å². The fourth-order valence-corrected chi connectivity index (χ4v) is 2.21. The number of carboxylic acid groups (broad SMARTS) is 1. The number of phenols is 1. The number of rotatable bonds is 1. The third kappa shape index (κ3) is 1.33. The number of phenolic OH excluding ortho intramolecular Hbond substituents is 1. The van der Waals surface area contributed by atoms with E-state index < -0.39 is 5.97 Å². The Labute approximate surface area is 84.2 Å². The van der Waals surface area contributed by atoms with Gasteiger partial charge in [0.2, 0.25) is 0 Å². The number of aromatic hydroxyl groups is 1. The van der Waals surface area contributed by atoms with Gasteiger partial charge in [0, 0.05) is 4.70 Å². The SMILES string of the molecule is Cc1cc2cc(C(=O)O)sc2cc1O. The highest BCUT2D eigenvalue weighted by Crippen LogP contribution is 2.31. The van der Waals surface area contributed by atoms with Crippen molar-refractivity contribution in [2.24, 2.45) is 0 Å². The molecule has 0 fully saturated rings. The number of hydrogen-bond acceptors (Lipinski definition) is 3. The lowest BCUT2D eigenvalue weighted by Gasteiger charge is -1.96. The van der Waals surface area contributed by atoms with Gasteiger partial charge in [0.25, 0.3) is 0 Å². The molecular weight excluding hydrogens is 200 g/mol. The van der Waals surface area contributed by atoms with Crippen LogP contribution in [0.3, 0.4) is 0 Å². The Hall–Kier alpha value is -1.55. The molecule has 0 atom stereocenters. The van der Waals surface area contributed by atoms with Gasteiger partial charge < -0.3 is 10.2 Å². The average molecular weight is 208 g/mol. The molecule has 3 nitrogen and oxygen atoms in total. The number of carbonyl (C=O) groups is 1. The summed E-state index contributed by atoms with van der Waals surface area (Å²) in [5.41, 5.74) is 0.757. The van der Waals surface area contributed by atoms with Gasteiger partial charge in [0.15, 0.2) is 0 Å². The summed E-state index contributed by atoms with van der Waals surface area (Å²) >= 11 is 1.17. The number of hydrogen-bond donors (Lipinski definition) is 2. The highest BCUT2D eigenvalue weighted by Gasteiger charge is 2.09. The highest BCUT2D eigenvalue weighted by molar-refractivity contribution is 7.20. The van der Waals surface area contributed by atoms with Gasteiger partial charge in [-0.05, 0) is 36.1 Å². The van der Waals surface area contributed by atoms with Crippen LogP contribution in [0.2, 0.25) is 0 Å². The molecule has 0 aliphatic rings. The molecular formula is C10H8O3S. The monoisotopic (exact) mass is 208 g/mol. The molecule has 0 radical (unpaired) electrons. The lowest BCUT2D eigenvalue weighted by Crippen LogP contribution is -1.89. The van der Waals surface area contributed by atoms with Gasteiger partial charge in [-0.25, -0.2) is 4.79 Å². The van der Waals surface area contributed by atoms with Crippen molar-refractivity contribution in [3.8, 4) is 5.75 Å². The molecule has 0 unspecified atom stereocenters. The fraction of sp³-hybridized carbons (Fsp3) is 0.100. The van der Waals surface area contributed by atoms with Crippen LogP contribution < -0.4 is 0 Å². The molecule has 4 heteroatoms. The zero-order valence-electron chi connectivity index (χ0n) is 7.44. The van der Waals surface area contributed by atoms with E-state index >= 15 is 0 Å². The number of benzene rings is 1. The summed E-state index contributed by atoms with van der Waals surface area (Å²) in [5, 5.41) is 19.1. The maximum Gasteiger partial charge on any atom is 0.345 e. The summed E-state index contributed by atoms with van der Waals surface area (Å²) < 4.78 is 0.797. The van der Waals surface area contributed by atoms with Crippen molar-refractivity contribution in [2.75, 3.05) is 0 Å². The zero-order chi connectivity index (χ0) is 10.3. The summed E-state index contributed by atoms with van der Waals surface area (Å²) in [4.78, 5) is 11.0. The summed E-state index contributed by atoms with van der Waals surface area (Å²) in [6.07, 6.45) is 0. The van der Waals surface area contributed by atoms with Crippen LogP contribution >= 0.6 is 11.3 Å². The minimum Gasteiger partial charge on any atom is -0.508 e. The van der Waals surface area contributed by atoms with Crippen molar-refractivity contribution >= 4 is 27.4 Å². The molecule has 0 saturated heterocycles. The second kappa shape index (κ2) is 2.99. The number of aromatic carboxylic acids is 1. The van der Waals surface area contributed by atoms with Crippen LogP contribution in [-0.2, 0) is 0 Å². The largest absolute Gasteiger partial charge is 0.508 e. The van der Waals surface area contributed by atoms with Crippen LogP contribution in [0, 0.1) is 6.92 Å². The maximum atomic E-state index is 10.7. The third-order valence-electron chi connectivity index (χ3n) is 2.05. The molecule has 0 spiro atoms. The first-order valence-corrected chi connectivity index (χ1v) is 4.86. The second-order valence-electron chi connectivity index (χ2n) is 3.09. The van der Waals surface area contributed by atoms with Gasteiger partial charge >= 0.3 is 5.97 Å². The number of fused-ring (bicyclic) bond motifs is 1. The molecule has 2 aromatic rings. The molecule has 1 aromatic heterocycles. The van der Waals surface area contributed by atoms with Gasteiger partial charge in [-0.15, -0.1) is 11.3 Å². The second-order valence-corrected chi connectivity index (χ2v) is 4.18. The topological polar surface area (TPSA) is 57.5 Å². The van der Waals surface area contributed by atoms with Gasteiger partial charge in [0.1, 0.15) is 10.6 Å². The van der Waals surface area contributed by atoms with Crippen molar-refractivity contribution in [3.05, 3.63) is 28.6 Å². The van der Waals surface area contributed by atoms with Crippen molar-refractivity contribution in [3.63, 3.8) is 0 Å². The van der Waals surface area contributed by atoms with Gasteiger partial charge in [-0.3, -0.25) is 0 Å². The summed E-state index contributed by atoms with van der Waals surface area (Å²) in [6, 6.07) is 5.00. The lowest BCUT2D eigenvalue weighted by atomic mass is 10.1. The molecule has 0 saturated carbocycles. The molecule has 1 aromatic carbocycles. The van der Waals surface area contributed by atoms with E-state index in [-0.39, 0.29) is 5.75 Å². The van der Waals surface area contributed by atoms with E-state index in [1.54, 1.807) is 25.1 Å². The van der Waals surface area contributed by atoms with Crippen LogP contribution in [0.15, 0.2) is 18.2 Å². The van der Waals surface area contributed by atoms with Gasteiger partial charge in [-0.2, -0.15) is 0 Å². The van der Waals surface area contributed by atoms with Gasteiger partial charge in [-0.1, -0.05) is 0 Å². The number of aryl methyl sites for hydroxylation is 1. The van der Waals surface area contributed by atoms with Crippen LogP contribution in [0.1, 0.15) is 15.2 Å². The van der Waals surface area contributed by atoms with E-state index in [1.807, 2.05) is 0 Å². The average Bonchev–Trinajstić information content (AvgIpc) is 2.48. The van der Waals surface area contributed by atoms with Crippen LogP contribution in [-0.4, -0.2) is 16.2 Å². The Balaban J connectivity index is 2.72. The van der Waals surface area contributed by atoms with E-state index in [1.165, 1.54) is 11.3 Å². The van der Waals surface area contributed by atoms with E-state index in [9.17, 15) is 9.90 Å². The Morgan fingerprint density at radius 1 is 1.36 bits per heavy atom. The molecule has 2 N–H and O–H groups in total. The summed E-state index contributed by atoms with van der Waals surface area (Å²) in [7, 11) is 0. The van der Waals surface area contributed by atoms with Crippen LogP contribution in [0.5, 0.6) is 5.75 Å². The molecule has 0 amide bonds. The quantitative estimate of drug-likeness (QED) is 0.757. The van der Waals surface area contributed by atoms with Crippen molar-refractivity contribution in [2.45, 2.75) is 6.92 Å². The lowest BCUT2D eigenvalue weighted by molar-refractivity contribution is 0.0702. The molecule has 0 aliphatic carbocycles. The molecule has 0 bridgehead atoms. The first-order chi connectivity index (χ1) is 6.58. The summed E-state index contributed by atoms with van der Waals surface area (Å²) in [6.45, 7) is 1.78. The first-order valence-electron chi connectivity index (χ1n) is 4.04. The molecule has 2 rings (SSSR count). The smallest absolute Gasteiger partial charge is 0.345 e. The molecule has 1 heterocycles. The van der Waals surface area contributed by atoms with Crippen molar-refractivity contribution < 1.29 is 15.0 Å². The van der Waals surface area contributed by atoms with E-state index in [0.29, 0.717) is 4.88 Å². The Morgan fingerprint density at radius 3 is 2.71 bits per heavy atom. The maximum absolute atomic E-state index is 10.7. The Bertz CT molecular complexity index is 474. The predicted molar refractivity (Wildman–Crippen MR) is 55.2 cm³/mol. The Kier molecular flexibility index (Phi) is 1.93. The third-order valence-corrected chi connectivity index (χ3v) is 3.13. The standard InChI is InChI=1S/C10H8O3S/c1-5-2-6-3-9(10(12)13)14-8(6)4-7(5)11/h2-4,11H,1H3,(H,12,13). The number of carboxylic acids is 1. The Morgan fingerprint density at radius 2 is 2.07 bits per heavy atom. The summed E-state index contributed by atoms with van der Waals surface area (Å²) in [5.74, 6) is -0.723. The first kappa shape index (κ1) is 9.02. The van der Waals surface area contributed by atoms with Gasteiger partial charge in [0.05, 0.1) is 0 Å². The highest BCUT2D eigenvalue weighted by atomic mass is 32.1. The van der Waals surface area contributed by atoms with Crippen LogP contribution in [0.25, 0.3) is 10.1 Å². The predicted octanol–water partition coefficient (Wildman–Crippen LogP) is 2.61. The zero-order valence-corrected chi connectivity index (χ0v) is 8.26. The minimum absolute atomic E-state index is 0.205.